The minimum Gasteiger partial charge on any atom is -0.306 e. The van der Waals surface area contributed by atoms with Crippen molar-refractivity contribution < 1.29 is 9.31 Å². The fraction of sp³-hybridized carbons (Fsp3) is 0.200. The summed E-state index contributed by atoms with van der Waals surface area (Å²) in [6.07, 6.45) is 0. The number of rotatable bonds is 5. The smallest absolute Gasteiger partial charge is 0.269 e. The molecule has 2 rings (SSSR count). The van der Waals surface area contributed by atoms with Crippen LogP contribution in [0.4, 0.5) is 10.1 Å². The summed E-state index contributed by atoms with van der Waals surface area (Å²) < 4.78 is 13.0. The zero-order chi connectivity index (χ0) is 15.4. The molecule has 0 aliphatic heterocycles. The van der Waals surface area contributed by atoms with Crippen LogP contribution in [0.2, 0.25) is 5.02 Å². The molecule has 0 bridgehead atoms. The van der Waals surface area contributed by atoms with E-state index in [1.165, 1.54) is 24.3 Å². The topological polar surface area (TPSA) is 55.2 Å². The van der Waals surface area contributed by atoms with E-state index in [2.05, 4.69) is 5.32 Å². The molecule has 21 heavy (non-hydrogen) atoms. The number of non-ortho nitro benzene ring substituents is 1. The van der Waals surface area contributed by atoms with Gasteiger partial charge >= 0.3 is 0 Å². The van der Waals surface area contributed by atoms with Gasteiger partial charge in [0.05, 0.1) is 4.92 Å². The quantitative estimate of drug-likeness (QED) is 0.664. The van der Waals surface area contributed by atoms with E-state index in [1.54, 1.807) is 18.2 Å². The molecule has 0 heterocycles. The molecule has 1 atom stereocenters. The zero-order valence-corrected chi connectivity index (χ0v) is 12.1. The number of nitrogens with one attached hydrogen (secondary N) is 1. The predicted octanol–water partition coefficient (Wildman–Crippen LogP) is 4.24. The molecule has 1 N–H and O–H groups in total. The molecule has 0 aliphatic rings. The molecule has 4 nitrogen and oxygen atoms in total. The Labute approximate surface area is 126 Å². The van der Waals surface area contributed by atoms with Crippen molar-refractivity contribution in [1.29, 1.82) is 0 Å². The molecular weight excluding hydrogens is 295 g/mol. The highest BCUT2D eigenvalue weighted by atomic mass is 35.5. The van der Waals surface area contributed by atoms with E-state index in [-0.39, 0.29) is 17.5 Å². The predicted molar refractivity (Wildman–Crippen MR) is 79.8 cm³/mol. The largest absolute Gasteiger partial charge is 0.306 e. The Hall–Kier alpha value is -1.98. The summed E-state index contributed by atoms with van der Waals surface area (Å²) in [5, 5.41) is 14.2. The summed E-state index contributed by atoms with van der Waals surface area (Å²) in [5.41, 5.74) is 1.79. The Balaban J connectivity index is 2.00. The van der Waals surface area contributed by atoms with Crippen LogP contribution in [0.3, 0.4) is 0 Å². The van der Waals surface area contributed by atoms with Gasteiger partial charge in [0.15, 0.2) is 0 Å². The van der Waals surface area contributed by atoms with Crippen molar-refractivity contribution >= 4 is 17.3 Å². The first-order valence-corrected chi connectivity index (χ1v) is 6.77. The van der Waals surface area contributed by atoms with Gasteiger partial charge in [0.1, 0.15) is 5.82 Å². The van der Waals surface area contributed by atoms with Crippen LogP contribution >= 0.6 is 11.6 Å². The van der Waals surface area contributed by atoms with Gasteiger partial charge < -0.3 is 5.32 Å². The molecule has 0 spiro atoms. The van der Waals surface area contributed by atoms with Crippen molar-refractivity contribution in [3.05, 3.63) is 74.5 Å². The molecule has 0 saturated heterocycles. The van der Waals surface area contributed by atoms with E-state index < -0.39 is 4.92 Å². The van der Waals surface area contributed by atoms with Gasteiger partial charge in [-0.05, 0) is 30.2 Å². The van der Waals surface area contributed by atoms with Crippen LogP contribution in [0.5, 0.6) is 0 Å². The molecule has 1 unspecified atom stereocenters. The SMILES string of the molecule is CC(NCc1ccc([N+](=O)[O-])cc1)c1ccc(F)cc1Cl. The molecule has 2 aromatic rings. The Morgan fingerprint density at radius 3 is 2.52 bits per heavy atom. The summed E-state index contributed by atoms with van der Waals surface area (Å²) in [5.74, 6) is -0.369. The monoisotopic (exact) mass is 308 g/mol. The first kappa shape index (κ1) is 15.4. The van der Waals surface area contributed by atoms with Gasteiger partial charge in [-0.2, -0.15) is 0 Å². The Morgan fingerprint density at radius 2 is 1.95 bits per heavy atom. The van der Waals surface area contributed by atoms with Gasteiger partial charge in [-0.1, -0.05) is 29.8 Å². The maximum absolute atomic E-state index is 13.0. The molecule has 6 heteroatoms. The Morgan fingerprint density at radius 1 is 1.29 bits per heavy atom. The third kappa shape index (κ3) is 4.00. The summed E-state index contributed by atoms with van der Waals surface area (Å²) in [4.78, 5) is 10.1. The lowest BCUT2D eigenvalue weighted by molar-refractivity contribution is -0.384. The second kappa shape index (κ2) is 6.65. The normalized spacial score (nSPS) is 12.1. The average Bonchev–Trinajstić information content (AvgIpc) is 2.45. The van der Waals surface area contributed by atoms with Gasteiger partial charge in [-0.15, -0.1) is 0 Å². The number of hydrogen-bond donors (Lipinski definition) is 1. The first-order valence-electron chi connectivity index (χ1n) is 6.39. The lowest BCUT2D eigenvalue weighted by Gasteiger charge is -2.15. The van der Waals surface area contributed by atoms with Crippen LogP contribution in [-0.2, 0) is 6.54 Å². The molecule has 0 amide bonds. The Kier molecular flexibility index (Phi) is 4.88. The van der Waals surface area contributed by atoms with Gasteiger partial charge in [-0.25, -0.2) is 4.39 Å². The highest BCUT2D eigenvalue weighted by Gasteiger charge is 2.10. The van der Waals surface area contributed by atoms with Crippen LogP contribution in [0.1, 0.15) is 24.1 Å². The van der Waals surface area contributed by atoms with Crippen molar-refractivity contribution in [2.24, 2.45) is 0 Å². The summed E-state index contributed by atoms with van der Waals surface area (Å²) >= 11 is 6.01. The van der Waals surface area contributed by atoms with Crippen LogP contribution in [0.25, 0.3) is 0 Å². The Bertz CT molecular complexity index is 647. The number of hydrogen-bond acceptors (Lipinski definition) is 3. The number of benzene rings is 2. The van der Waals surface area contributed by atoms with Crippen LogP contribution in [0, 0.1) is 15.9 Å². The maximum atomic E-state index is 13.0. The lowest BCUT2D eigenvalue weighted by atomic mass is 10.1. The van der Waals surface area contributed by atoms with Crippen molar-refractivity contribution in [1.82, 2.24) is 5.32 Å². The average molecular weight is 309 g/mol. The summed E-state index contributed by atoms with van der Waals surface area (Å²) in [6.45, 7) is 2.46. The first-order chi connectivity index (χ1) is 9.97. The van der Waals surface area contributed by atoms with Gasteiger partial charge in [0.25, 0.3) is 5.69 Å². The van der Waals surface area contributed by atoms with Crippen molar-refractivity contribution in [2.75, 3.05) is 0 Å². The second-order valence-corrected chi connectivity index (χ2v) is 5.10. The fourth-order valence-electron chi connectivity index (χ4n) is 1.97. The van der Waals surface area contributed by atoms with Crippen LogP contribution in [-0.4, -0.2) is 4.92 Å². The summed E-state index contributed by atoms with van der Waals surface area (Å²) in [6, 6.07) is 10.6. The number of nitro groups is 1. The molecule has 0 aliphatic carbocycles. The van der Waals surface area contributed by atoms with Gasteiger partial charge in [0, 0.05) is 29.7 Å². The van der Waals surface area contributed by atoms with E-state index in [0.29, 0.717) is 11.6 Å². The third-order valence-electron chi connectivity index (χ3n) is 3.19. The number of nitrogens with zero attached hydrogens (tertiary/aromatic N) is 1. The molecule has 110 valence electrons. The van der Waals surface area contributed by atoms with Crippen LogP contribution < -0.4 is 5.32 Å². The standard InChI is InChI=1S/C15H14ClFN2O2/c1-10(14-7-4-12(17)8-15(14)16)18-9-11-2-5-13(6-3-11)19(20)21/h2-8,10,18H,9H2,1H3. The zero-order valence-electron chi connectivity index (χ0n) is 11.3. The molecular formula is C15H14ClFN2O2. The van der Waals surface area contributed by atoms with Gasteiger partial charge in [0.2, 0.25) is 0 Å². The molecule has 2 aromatic carbocycles. The molecule has 0 fully saturated rings. The van der Waals surface area contributed by atoms with E-state index >= 15 is 0 Å². The van der Waals surface area contributed by atoms with E-state index in [1.807, 2.05) is 6.92 Å². The highest BCUT2D eigenvalue weighted by molar-refractivity contribution is 6.31. The summed E-state index contributed by atoms with van der Waals surface area (Å²) in [7, 11) is 0. The fourth-order valence-corrected chi connectivity index (χ4v) is 2.30. The van der Waals surface area contributed by atoms with Crippen molar-refractivity contribution in [3.8, 4) is 0 Å². The van der Waals surface area contributed by atoms with E-state index in [9.17, 15) is 14.5 Å². The second-order valence-electron chi connectivity index (χ2n) is 4.69. The minimum absolute atomic E-state index is 0.0618. The van der Waals surface area contributed by atoms with Crippen LogP contribution in [0.15, 0.2) is 42.5 Å². The van der Waals surface area contributed by atoms with Crippen molar-refractivity contribution in [2.45, 2.75) is 19.5 Å². The van der Waals surface area contributed by atoms with Crippen molar-refractivity contribution in [3.63, 3.8) is 0 Å². The third-order valence-corrected chi connectivity index (χ3v) is 3.52. The molecule has 0 aromatic heterocycles. The molecule has 0 radical (unpaired) electrons. The lowest BCUT2D eigenvalue weighted by Crippen LogP contribution is -2.18. The maximum Gasteiger partial charge on any atom is 0.269 e. The van der Waals surface area contributed by atoms with E-state index in [4.69, 9.17) is 11.6 Å². The highest BCUT2D eigenvalue weighted by Crippen LogP contribution is 2.24. The number of nitro benzene ring substituents is 1. The molecule has 0 saturated carbocycles. The number of halogens is 2. The van der Waals surface area contributed by atoms with E-state index in [0.717, 1.165) is 11.1 Å². The van der Waals surface area contributed by atoms with Gasteiger partial charge in [-0.3, -0.25) is 10.1 Å². The minimum atomic E-state index is -0.432.